The van der Waals surface area contributed by atoms with Crippen molar-refractivity contribution in [3.05, 3.63) is 45.1 Å². The van der Waals surface area contributed by atoms with Gasteiger partial charge in [0, 0.05) is 13.5 Å². The molecule has 1 N–H and O–H groups in total. The number of amides is 1. The quantitative estimate of drug-likeness (QED) is 0.280. The topological polar surface area (TPSA) is 90.9 Å². The second kappa shape index (κ2) is 11.8. The van der Waals surface area contributed by atoms with Crippen molar-refractivity contribution >= 4 is 46.3 Å². The van der Waals surface area contributed by atoms with Crippen molar-refractivity contribution in [3.63, 3.8) is 0 Å². The van der Waals surface area contributed by atoms with Crippen LogP contribution in [0.1, 0.15) is 28.1 Å². The van der Waals surface area contributed by atoms with E-state index in [2.05, 4.69) is 5.32 Å². The Bertz CT molecular complexity index is 963. The van der Waals surface area contributed by atoms with E-state index in [-0.39, 0.29) is 43.3 Å². The zero-order valence-corrected chi connectivity index (χ0v) is 18.4. The maximum absolute atomic E-state index is 13.0. The predicted octanol–water partition coefficient (Wildman–Crippen LogP) is 4.59. The van der Waals surface area contributed by atoms with Crippen LogP contribution in [0.5, 0.6) is 5.75 Å². The number of halogens is 4. The van der Waals surface area contributed by atoms with E-state index in [0.717, 1.165) is 23.5 Å². The Labute approximate surface area is 190 Å². The molecule has 0 saturated heterocycles. The first-order valence-electron chi connectivity index (χ1n) is 9.17. The van der Waals surface area contributed by atoms with E-state index in [1.54, 1.807) is 6.07 Å². The van der Waals surface area contributed by atoms with Crippen LogP contribution in [0.2, 0.25) is 4.34 Å². The van der Waals surface area contributed by atoms with E-state index >= 15 is 0 Å². The maximum Gasteiger partial charge on any atom is 0.416 e. The average Bonchev–Trinajstić information content (AvgIpc) is 3.17. The van der Waals surface area contributed by atoms with Gasteiger partial charge in [0.25, 0.3) is 5.91 Å². The molecule has 12 heteroatoms. The average molecular weight is 494 g/mol. The van der Waals surface area contributed by atoms with Crippen LogP contribution >= 0.6 is 22.9 Å². The summed E-state index contributed by atoms with van der Waals surface area (Å²) in [6.07, 6.45) is -5.03. The number of thiophene rings is 1. The van der Waals surface area contributed by atoms with Gasteiger partial charge in [-0.15, -0.1) is 11.3 Å². The summed E-state index contributed by atoms with van der Waals surface area (Å²) in [5, 5.41) is 2.24. The number of nitrogens with one attached hydrogen (secondary N) is 1. The number of methoxy groups -OCH3 is 1. The number of ether oxygens (including phenoxy) is 3. The number of esters is 1. The molecule has 1 aromatic carbocycles. The number of carbonyl (C=O) groups excluding carboxylic acids is 3. The number of anilines is 1. The molecule has 0 radical (unpaired) electrons. The van der Waals surface area contributed by atoms with Gasteiger partial charge in [0.1, 0.15) is 12.4 Å². The molecule has 0 aliphatic heterocycles. The van der Waals surface area contributed by atoms with E-state index in [0.29, 0.717) is 15.3 Å². The normalized spacial score (nSPS) is 11.2. The molecule has 1 aromatic heterocycles. The lowest BCUT2D eigenvalue weighted by Gasteiger charge is -2.15. The van der Waals surface area contributed by atoms with Crippen LogP contribution < -0.4 is 10.1 Å². The lowest BCUT2D eigenvalue weighted by molar-refractivity contribution is -0.147. The molecule has 0 fully saturated rings. The molecule has 174 valence electrons. The molecular formula is C20H19ClF3NO6S. The van der Waals surface area contributed by atoms with Gasteiger partial charge in [-0.1, -0.05) is 11.6 Å². The number of hydrogen-bond donors (Lipinski definition) is 1. The largest absolute Gasteiger partial charge is 0.489 e. The molecule has 0 aliphatic rings. The second-order valence-electron chi connectivity index (χ2n) is 6.29. The Balaban J connectivity index is 1.91. The molecule has 0 aliphatic carbocycles. The van der Waals surface area contributed by atoms with Gasteiger partial charge in [0.15, 0.2) is 12.4 Å². The van der Waals surface area contributed by atoms with Crippen LogP contribution in [0, 0.1) is 0 Å². The smallest absolute Gasteiger partial charge is 0.416 e. The zero-order valence-electron chi connectivity index (χ0n) is 16.8. The van der Waals surface area contributed by atoms with Gasteiger partial charge in [-0.25, -0.2) is 0 Å². The number of benzene rings is 1. The third kappa shape index (κ3) is 8.13. The van der Waals surface area contributed by atoms with Crippen molar-refractivity contribution in [1.29, 1.82) is 0 Å². The monoisotopic (exact) mass is 493 g/mol. The van der Waals surface area contributed by atoms with Gasteiger partial charge >= 0.3 is 12.1 Å². The first-order valence-corrected chi connectivity index (χ1v) is 10.4. The molecule has 0 unspecified atom stereocenters. The highest BCUT2D eigenvalue weighted by molar-refractivity contribution is 7.18. The fourth-order valence-electron chi connectivity index (χ4n) is 2.37. The Hall–Kier alpha value is -2.63. The van der Waals surface area contributed by atoms with Crippen LogP contribution in [0.3, 0.4) is 0 Å². The summed E-state index contributed by atoms with van der Waals surface area (Å²) in [5.41, 5.74) is -1.22. The summed E-state index contributed by atoms with van der Waals surface area (Å²) in [6, 6.07) is 5.70. The van der Waals surface area contributed by atoms with E-state index < -0.39 is 30.2 Å². The summed E-state index contributed by atoms with van der Waals surface area (Å²) < 4.78 is 54.4. The highest BCUT2D eigenvalue weighted by atomic mass is 35.5. The summed E-state index contributed by atoms with van der Waals surface area (Å²) in [4.78, 5) is 36.2. The third-order valence-electron chi connectivity index (χ3n) is 3.89. The minimum absolute atomic E-state index is 0.00469. The number of Topliss-reactive ketones (excluding diaryl/α,β-unsaturated/α-hetero) is 1. The van der Waals surface area contributed by atoms with Crippen molar-refractivity contribution in [2.45, 2.75) is 19.0 Å². The van der Waals surface area contributed by atoms with Crippen LogP contribution in [-0.4, -0.2) is 44.6 Å². The minimum atomic E-state index is -4.63. The molecule has 2 aromatic rings. The van der Waals surface area contributed by atoms with Gasteiger partial charge in [0.2, 0.25) is 0 Å². The molecule has 0 bridgehead atoms. The maximum atomic E-state index is 13.0. The van der Waals surface area contributed by atoms with Gasteiger partial charge < -0.3 is 19.5 Å². The molecule has 0 spiro atoms. The lowest BCUT2D eigenvalue weighted by Crippen LogP contribution is -2.22. The number of hydrogen-bond acceptors (Lipinski definition) is 7. The highest BCUT2D eigenvalue weighted by Crippen LogP contribution is 2.35. The summed E-state index contributed by atoms with van der Waals surface area (Å²) in [6.45, 7) is -0.517. The zero-order chi connectivity index (χ0) is 23.7. The number of carbonyl (C=O) groups is 3. The molecule has 0 saturated carbocycles. The van der Waals surface area contributed by atoms with E-state index in [9.17, 15) is 27.6 Å². The lowest BCUT2D eigenvalue weighted by atomic mass is 10.1. The second-order valence-corrected chi connectivity index (χ2v) is 8.00. The summed E-state index contributed by atoms with van der Waals surface area (Å²) in [7, 11) is 1.43. The number of ketones is 1. The summed E-state index contributed by atoms with van der Waals surface area (Å²) >= 11 is 6.83. The van der Waals surface area contributed by atoms with E-state index in [1.165, 1.54) is 13.2 Å². The van der Waals surface area contributed by atoms with Crippen LogP contribution in [-0.2, 0) is 25.2 Å². The fourth-order valence-corrected chi connectivity index (χ4v) is 3.38. The van der Waals surface area contributed by atoms with Gasteiger partial charge in [-0.2, -0.15) is 13.2 Å². The predicted molar refractivity (Wildman–Crippen MR) is 111 cm³/mol. The van der Waals surface area contributed by atoms with Crippen molar-refractivity contribution in [2.75, 3.05) is 32.2 Å². The van der Waals surface area contributed by atoms with Gasteiger partial charge in [-0.3, -0.25) is 14.4 Å². The SMILES string of the molecule is COCCOc1ccc(C(F)(F)F)cc1NC(=O)COC(=O)CCC(=O)c1ccc(Cl)s1. The minimum Gasteiger partial charge on any atom is -0.489 e. The van der Waals surface area contributed by atoms with Gasteiger partial charge in [0.05, 0.1) is 33.5 Å². The van der Waals surface area contributed by atoms with Crippen LogP contribution in [0.25, 0.3) is 0 Å². The van der Waals surface area contributed by atoms with Crippen molar-refractivity contribution in [3.8, 4) is 5.75 Å². The number of rotatable bonds is 11. The fraction of sp³-hybridized carbons (Fsp3) is 0.350. The number of alkyl halides is 3. The molecule has 1 heterocycles. The van der Waals surface area contributed by atoms with E-state index in [4.69, 9.17) is 25.8 Å². The Morgan fingerprint density at radius 2 is 1.84 bits per heavy atom. The standard InChI is InChI=1S/C20H19ClF3NO6S/c1-29-8-9-30-15-4-2-12(20(22,23)24)10-13(15)25-18(27)11-31-19(28)7-3-14(26)16-5-6-17(21)32-16/h2,4-6,10H,3,7-9,11H2,1H3,(H,25,27). The Kier molecular flexibility index (Phi) is 9.48. The van der Waals surface area contributed by atoms with Crippen molar-refractivity contribution in [1.82, 2.24) is 0 Å². The molecule has 32 heavy (non-hydrogen) atoms. The van der Waals surface area contributed by atoms with Crippen molar-refractivity contribution in [2.24, 2.45) is 0 Å². The summed E-state index contributed by atoms with van der Waals surface area (Å²) in [5.74, 6) is -1.98. The first-order chi connectivity index (χ1) is 15.1. The van der Waals surface area contributed by atoms with Crippen molar-refractivity contribution < 1.29 is 41.8 Å². The molecule has 7 nitrogen and oxygen atoms in total. The molecule has 1 amide bonds. The molecule has 0 atom stereocenters. The van der Waals surface area contributed by atoms with Gasteiger partial charge in [-0.05, 0) is 30.3 Å². The van der Waals surface area contributed by atoms with E-state index in [1.807, 2.05) is 0 Å². The molecule has 2 rings (SSSR count). The highest BCUT2D eigenvalue weighted by Gasteiger charge is 2.31. The Morgan fingerprint density at radius 3 is 2.47 bits per heavy atom. The Morgan fingerprint density at radius 1 is 1.09 bits per heavy atom. The molecular weight excluding hydrogens is 475 g/mol. The van der Waals surface area contributed by atoms with Crippen LogP contribution in [0.15, 0.2) is 30.3 Å². The third-order valence-corrected chi connectivity index (χ3v) is 5.17. The first kappa shape index (κ1) is 25.6. The van der Waals surface area contributed by atoms with Crippen LogP contribution in [0.4, 0.5) is 18.9 Å².